The number of carboxylic acid groups (broad SMARTS) is 1. The van der Waals surface area contributed by atoms with Gasteiger partial charge in [0, 0.05) is 17.9 Å². The van der Waals surface area contributed by atoms with E-state index in [1.165, 1.54) is 6.92 Å². The molecular weight excluding hydrogens is 1140 g/mol. The molecule has 27 heteroatoms. The molecule has 0 aromatic rings. The van der Waals surface area contributed by atoms with Crippen LogP contribution in [0, 0.1) is 50.2 Å². The Balaban J connectivity index is 1.05. The van der Waals surface area contributed by atoms with E-state index in [1.807, 2.05) is 13.8 Å². The number of aliphatic hydroxyl groups is 12. The predicted octanol–water partition coefficient (Wildman–Crippen LogP) is -2.01. The molecule has 4 saturated heterocycles. The van der Waals surface area contributed by atoms with Crippen molar-refractivity contribution in [3.63, 3.8) is 0 Å². The number of allylic oxidation sites excluding steroid dienone is 3. The summed E-state index contributed by atoms with van der Waals surface area (Å²) in [5.41, 5.74) is -4.42. The van der Waals surface area contributed by atoms with Crippen LogP contribution in [0.2, 0.25) is 0 Å². The number of ether oxygens (including phenoxy) is 10. The Hall–Kier alpha value is -3.24. The largest absolute Gasteiger partial charge is 0.479 e. The van der Waals surface area contributed by atoms with Crippen LogP contribution in [0.4, 0.5) is 0 Å². The van der Waals surface area contributed by atoms with Gasteiger partial charge in [-0.15, -0.1) is 0 Å². The van der Waals surface area contributed by atoms with E-state index in [9.17, 15) is 85.6 Å². The molecule has 0 bridgehead atoms. The van der Waals surface area contributed by atoms with Crippen LogP contribution < -0.4 is 0 Å². The number of aliphatic carboxylic acids is 1. The third kappa shape index (κ3) is 11.0. The molecule has 0 aromatic carbocycles. The van der Waals surface area contributed by atoms with Crippen LogP contribution in [0.1, 0.15) is 107 Å². The van der Waals surface area contributed by atoms with Crippen molar-refractivity contribution in [2.75, 3.05) is 26.4 Å². The van der Waals surface area contributed by atoms with Crippen molar-refractivity contribution in [1.29, 1.82) is 0 Å². The second-order valence-electron chi connectivity index (χ2n) is 27.3. The minimum atomic E-state index is -2.28. The van der Waals surface area contributed by atoms with Gasteiger partial charge in [0.05, 0.1) is 42.9 Å². The van der Waals surface area contributed by atoms with Crippen LogP contribution in [0.5, 0.6) is 0 Å². The SMILES string of the molecule is C/C=C(/C)C(=O)O[C@H]1[C@@H](O)[C@@]2(COC(C)=O)[C@H](CC1(C)C)C1=CC[C@@H]3[C@@]4(C)CC[C@@H](O[C@H]5O[C@@H](C(=O)O)[C@H](O)[C@@H](O[C@H]6OC[C@H](O)[C@@H](O)[C@@H]6O[C@H]6OC[C@H](O)[C@@H](O)[C@@H]6O)[C@@H]5O[C@H]5O[C@@H](CO)[C@H](O)[C@@H](O)[C@@H]5O)[C@](C)(C=O)[C@@H]4CC[C@@]3(C)[C@]1(C)C[C@@H]2O. The van der Waals surface area contributed by atoms with Crippen molar-refractivity contribution in [3.05, 3.63) is 23.3 Å². The summed E-state index contributed by atoms with van der Waals surface area (Å²) in [4.78, 5) is 53.3. The van der Waals surface area contributed by atoms with Gasteiger partial charge in [0.1, 0.15) is 104 Å². The smallest absolute Gasteiger partial charge is 0.335 e. The monoisotopic (exact) mass is 1230 g/mol. The molecule has 9 rings (SSSR count). The molecule has 86 heavy (non-hydrogen) atoms. The average Bonchev–Trinajstić information content (AvgIpc) is 0.672. The number of carboxylic acids is 1. The lowest BCUT2D eigenvalue weighted by Gasteiger charge is -2.72. The first kappa shape index (κ1) is 67.2. The molecule has 0 radical (unpaired) electrons. The summed E-state index contributed by atoms with van der Waals surface area (Å²) in [5, 5.41) is 145. The molecule has 0 spiro atoms. The van der Waals surface area contributed by atoms with E-state index >= 15 is 0 Å². The van der Waals surface area contributed by atoms with Crippen molar-refractivity contribution in [1.82, 2.24) is 0 Å². The second-order valence-corrected chi connectivity index (χ2v) is 27.3. The fourth-order valence-electron chi connectivity index (χ4n) is 16.9. The molecule has 0 unspecified atom stereocenters. The number of esters is 2. The van der Waals surface area contributed by atoms with Crippen LogP contribution >= 0.6 is 0 Å². The average molecular weight is 1230 g/mol. The molecule has 5 aliphatic carbocycles. The maximum atomic E-state index is 14.2. The number of carbonyl (C=O) groups is 4. The normalized spacial score (nSPS) is 51.1. The Bertz CT molecular complexity index is 2550. The Labute approximate surface area is 498 Å². The summed E-state index contributed by atoms with van der Waals surface area (Å²) in [6, 6.07) is 0. The van der Waals surface area contributed by atoms with E-state index in [-0.39, 0.29) is 25.4 Å². The van der Waals surface area contributed by atoms with E-state index in [0.29, 0.717) is 37.7 Å². The first-order chi connectivity index (χ1) is 40.2. The number of hydrogen-bond acceptors (Lipinski definition) is 26. The standard InChI is InChI=1S/C59H90O27/c1-10-24(2)49(76)86-47-46(73)59(23-79-25(3)62)27(17-54(47,4)5)26-11-12-32-55(6)15-14-34(56(7,22-61)31(55)13-16-57(32,8)58(26,9)18-33(59)65)81-53-45(85-51-40(71)38(69)37(68)30(19-60)80-51)42(41(72)43(83-53)48(74)75)82-52-44(36(67)29(64)21-78-52)84-50-39(70)35(66)28(63)20-77-50/h10-11,22,27-47,50-53,60,63-73H,12-21,23H2,1-9H3,(H,74,75)/b24-10-/t27-,28+,29+,30+,31-,32-,33+,34-,35-,36-,37+,38-,39+,40+,41-,42-,43-,44+,45+,46-,47+,50-,51-,52-,53+,55+,56-,57-,58-,59+/m1/s1. The molecule has 488 valence electrons. The van der Waals surface area contributed by atoms with Crippen molar-refractivity contribution >= 4 is 24.2 Å². The van der Waals surface area contributed by atoms with Crippen molar-refractivity contribution in [2.45, 2.75) is 242 Å². The topological polar surface area (TPSA) is 424 Å². The molecule has 4 heterocycles. The highest BCUT2D eigenvalue weighted by Gasteiger charge is 2.74. The van der Waals surface area contributed by atoms with E-state index in [0.717, 1.165) is 11.9 Å². The first-order valence-electron chi connectivity index (χ1n) is 29.8. The van der Waals surface area contributed by atoms with Gasteiger partial charge >= 0.3 is 17.9 Å². The Morgan fingerprint density at radius 2 is 1.31 bits per heavy atom. The number of aliphatic hydroxyl groups excluding tert-OH is 12. The molecule has 0 aromatic heterocycles. The summed E-state index contributed by atoms with van der Waals surface area (Å²) in [5.74, 6) is -4.18. The van der Waals surface area contributed by atoms with Gasteiger partial charge in [-0.05, 0) is 92.8 Å². The van der Waals surface area contributed by atoms with Crippen molar-refractivity contribution in [2.24, 2.45) is 50.2 Å². The second kappa shape index (κ2) is 24.8. The van der Waals surface area contributed by atoms with E-state index in [4.69, 9.17) is 47.4 Å². The fourth-order valence-corrected chi connectivity index (χ4v) is 16.9. The molecule has 27 nitrogen and oxygen atoms in total. The van der Waals surface area contributed by atoms with Gasteiger partial charge in [-0.25, -0.2) is 9.59 Å². The first-order valence-corrected chi connectivity index (χ1v) is 29.8. The lowest BCUT2D eigenvalue weighted by atomic mass is 9.33. The van der Waals surface area contributed by atoms with Gasteiger partial charge in [-0.3, -0.25) is 4.79 Å². The van der Waals surface area contributed by atoms with E-state index < -0.39 is 217 Å². The maximum Gasteiger partial charge on any atom is 0.335 e. The van der Waals surface area contributed by atoms with Gasteiger partial charge in [-0.2, -0.15) is 0 Å². The zero-order valence-electron chi connectivity index (χ0n) is 50.0. The fraction of sp³-hybridized carbons (Fsp3) is 0.864. The summed E-state index contributed by atoms with van der Waals surface area (Å²) in [6.45, 7) is 14.1. The molecule has 4 aliphatic heterocycles. The number of fused-ring (bicyclic) bond motifs is 7. The van der Waals surface area contributed by atoms with Crippen LogP contribution in [0.3, 0.4) is 0 Å². The van der Waals surface area contributed by atoms with Gasteiger partial charge < -0.3 is 119 Å². The van der Waals surface area contributed by atoms with Gasteiger partial charge in [0.25, 0.3) is 0 Å². The van der Waals surface area contributed by atoms with Gasteiger partial charge in [0.2, 0.25) is 0 Å². The number of carbonyl (C=O) groups excluding carboxylic acids is 3. The zero-order chi connectivity index (χ0) is 63.3. The maximum absolute atomic E-state index is 14.2. The lowest BCUT2D eigenvalue weighted by molar-refractivity contribution is -0.398. The third-order valence-corrected chi connectivity index (χ3v) is 22.2. The highest BCUT2D eigenvalue weighted by molar-refractivity contribution is 5.87. The number of rotatable bonds is 15. The summed E-state index contributed by atoms with van der Waals surface area (Å²) in [7, 11) is 0. The molecule has 4 saturated carbocycles. The summed E-state index contributed by atoms with van der Waals surface area (Å²) < 4.78 is 60.0. The highest BCUT2D eigenvalue weighted by Crippen LogP contribution is 2.76. The van der Waals surface area contributed by atoms with Crippen LogP contribution in [-0.4, -0.2) is 252 Å². The quantitative estimate of drug-likeness (QED) is 0.0277. The minimum absolute atomic E-state index is 0.112. The lowest BCUT2D eigenvalue weighted by Crippen LogP contribution is -2.72. The highest BCUT2D eigenvalue weighted by atomic mass is 16.8. The third-order valence-electron chi connectivity index (χ3n) is 22.2. The van der Waals surface area contributed by atoms with Gasteiger partial charge in [-0.1, -0.05) is 59.3 Å². The predicted molar refractivity (Wildman–Crippen MR) is 289 cm³/mol. The molecule has 30 atom stereocenters. The molecule has 8 fully saturated rings. The number of hydrogen-bond donors (Lipinski definition) is 13. The van der Waals surface area contributed by atoms with Gasteiger partial charge in [0.15, 0.2) is 31.3 Å². The van der Waals surface area contributed by atoms with Crippen LogP contribution in [-0.2, 0) is 66.5 Å². The van der Waals surface area contributed by atoms with Crippen molar-refractivity contribution in [3.8, 4) is 0 Å². The van der Waals surface area contributed by atoms with Crippen molar-refractivity contribution < 1.29 is 133 Å². The zero-order valence-corrected chi connectivity index (χ0v) is 50.0. The summed E-state index contributed by atoms with van der Waals surface area (Å²) in [6.07, 6.45) is -32.7. The molecule has 13 N–H and O–H groups in total. The van der Waals surface area contributed by atoms with E-state index in [1.54, 1.807) is 26.8 Å². The Morgan fingerprint density at radius 3 is 1.94 bits per heavy atom. The number of aldehydes is 1. The molecule has 0 amide bonds. The minimum Gasteiger partial charge on any atom is -0.479 e. The molecule has 9 aliphatic rings. The Kier molecular flexibility index (Phi) is 19.3. The summed E-state index contributed by atoms with van der Waals surface area (Å²) >= 11 is 0. The van der Waals surface area contributed by atoms with E-state index in [2.05, 4.69) is 26.8 Å². The Morgan fingerprint density at radius 1 is 0.686 bits per heavy atom. The molecular formula is C59H90O27. The van der Waals surface area contributed by atoms with Crippen LogP contribution in [0.15, 0.2) is 23.3 Å². The van der Waals surface area contributed by atoms with Crippen LogP contribution in [0.25, 0.3) is 0 Å².